The van der Waals surface area contributed by atoms with Gasteiger partial charge < -0.3 is 0 Å². The van der Waals surface area contributed by atoms with Crippen molar-refractivity contribution in [3.63, 3.8) is 0 Å². The van der Waals surface area contributed by atoms with E-state index in [0.29, 0.717) is 5.56 Å². The minimum Gasteiger partial charge on any atom is -0.201 e. The van der Waals surface area contributed by atoms with Crippen LogP contribution in [0.25, 0.3) is 22.4 Å². The van der Waals surface area contributed by atoms with E-state index in [1.807, 2.05) is 23.7 Å². The molecule has 0 saturated heterocycles. The Balaban J connectivity index is 1.77. The molecule has 2 atom stereocenters. The quantitative estimate of drug-likeness (QED) is 0.272. The molecular formula is C33H36N+. The van der Waals surface area contributed by atoms with Crippen molar-refractivity contribution < 1.29 is 8.68 Å². The van der Waals surface area contributed by atoms with Gasteiger partial charge in [0.25, 0.3) is 0 Å². The summed E-state index contributed by atoms with van der Waals surface area (Å²) in [6.07, 6.45) is 1.79. The van der Waals surface area contributed by atoms with Crippen molar-refractivity contribution in [2.24, 2.45) is 12.5 Å². The van der Waals surface area contributed by atoms with Crippen LogP contribution in [0.2, 0.25) is 0 Å². The third-order valence-electron chi connectivity index (χ3n) is 7.51. The highest BCUT2D eigenvalue weighted by molar-refractivity contribution is 5.74. The molecule has 0 fully saturated rings. The summed E-state index contributed by atoms with van der Waals surface area (Å²) in [6, 6.07) is 25.7. The first-order chi connectivity index (χ1) is 17.4. The fourth-order valence-electron chi connectivity index (χ4n) is 5.84. The molecule has 1 nitrogen and oxygen atoms in total. The van der Waals surface area contributed by atoms with Gasteiger partial charge >= 0.3 is 0 Å². The Morgan fingerprint density at radius 3 is 2.15 bits per heavy atom. The SMILES string of the molecule is [2H]C([2H])([2H])c1c[n+](C)c(-c2ccccc2C)cc1-c1ccc2c(c1)C(C(C)(C)C)c1ccccc1C2C. The zero-order valence-corrected chi connectivity index (χ0v) is 21.1. The van der Waals surface area contributed by atoms with Gasteiger partial charge in [0, 0.05) is 33.1 Å². The summed E-state index contributed by atoms with van der Waals surface area (Å²) in [6.45, 7) is 9.05. The van der Waals surface area contributed by atoms with E-state index in [-0.39, 0.29) is 17.3 Å². The number of aromatic nitrogens is 1. The second kappa shape index (κ2) is 8.24. The van der Waals surface area contributed by atoms with Gasteiger partial charge in [-0.2, -0.15) is 0 Å². The lowest BCUT2D eigenvalue weighted by atomic mass is 9.64. The Morgan fingerprint density at radius 2 is 1.44 bits per heavy atom. The van der Waals surface area contributed by atoms with Crippen LogP contribution in [0.4, 0.5) is 0 Å². The minimum absolute atomic E-state index is 0.00587. The third kappa shape index (κ3) is 3.68. The molecule has 0 bridgehead atoms. The highest BCUT2D eigenvalue weighted by atomic mass is 14.9. The molecule has 1 aliphatic rings. The number of nitrogens with zero attached hydrogens (tertiary/aromatic N) is 1. The van der Waals surface area contributed by atoms with E-state index in [1.165, 1.54) is 22.3 Å². The van der Waals surface area contributed by atoms with E-state index in [0.717, 1.165) is 27.9 Å². The molecule has 0 N–H and O–H groups in total. The lowest BCUT2D eigenvalue weighted by Crippen LogP contribution is -2.31. The lowest BCUT2D eigenvalue weighted by Gasteiger charge is -2.40. The summed E-state index contributed by atoms with van der Waals surface area (Å²) in [7, 11) is 1.93. The Bertz CT molecular complexity index is 1490. The number of hydrogen-bond acceptors (Lipinski definition) is 0. The van der Waals surface area contributed by atoms with Crippen molar-refractivity contribution >= 4 is 0 Å². The molecule has 172 valence electrons. The predicted molar refractivity (Wildman–Crippen MR) is 143 cm³/mol. The summed E-state index contributed by atoms with van der Waals surface area (Å²) < 4.78 is 27.0. The highest BCUT2D eigenvalue weighted by Gasteiger charge is 2.37. The molecule has 34 heavy (non-hydrogen) atoms. The number of hydrogen-bond donors (Lipinski definition) is 0. The summed E-state index contributed by atoms with van der Waals surface area (Å²) in [5, 5.41) is 0. The van der Waals surface area contributed by atoms with Gasteiger partial charge in [-0.3, -0.25) is 0 Å². The van der Waals surface area contributed by atoms with Crippen LogP contribution in [0.1, 0.15) is 77.0 Å². The smallest absolute Gasteiger partial charge is 0.201 e. The first-order valence-corrected chi connectivity index (χ1v) is 12.2. The Hall–Kier alpha value is -3.19. The molecule has 0 amide bonds. The molecule has 0 spiro atoms. The number of fused-ring (bicyclic) bond motifs is 2. The van der Waals surface area contributed by atoms with Crippen LogP contribution in [0, 0.1) is 19.2 Å². The summed E-state index contributed by atoms with van der Waals surface area (Å²) in [5.74, 6) is 0.513. The Labute approximate surface area is 209 Å². The van der Waals surface area contributed by atoms with Crippen molar-refractivity contribution in [1.82, 2.24) is 0 Å². The van der Waals surface area contributed by atoms with E-state index in [4.69, 9.17) is 4.11 Å². The summed E-state index contributed by atoms with van der Waals surface area (Å²) in [4.78, 5) is 0. The average Bonchev–Trinajstić information content (AvgIpc) is 2.83. The fraction of sp³-hybridized carbons (Fsp3) is 0.303. The fourth-order valence-corrected chi connectivity index (χ4v) is 5.84. The van der Waals surface area contributed by atoms with E-state index < -0.39 is 6.85 Å². The molecule has 3 aromatic carbocycles. The van der Waals surface area contributed by atoms with Crippen LogP contribution in [-0.2, 0) is 7.05 Å². The van der Waals surface area contributed by atoms with Crippen LogP contribution in [0.5, 0.6) is 0 Å². The maximum absolute atomic E-state index is 8.35. The van der Waals surface area contributed by atoms with Crippen LogP contribution in [0.15, 0.2) is 79.0 Å². The predicted octanol–water partition coefficient (Wildman–Crippen LogP) is 8.11. The van der Waals surface area contributed by atoms with Gasteiger partial charge in [-0.15, -0.1) is 0 Å². The van der Waals surface area contributed by atoms with Crippen LogP contribution >= 0.6 is 0 Å². The first-order valence-electron chi connectivity index (χ1n) is 13.7. The van der Waals surface area contributed by atoms with Gasteiger partial charge in [0.05, 0.1) is 0 Å². The molecule has 0 radical (unpaired) electrons. The standard InChI is InChI=1S/C33H36N/c1-21-12-8-9-13-25(21)31-19-29(22(2)20-34(31)7)24-16-17-27-23(3)26-14-10-11-15-28(26)32(30(27)18-24)33(4,5)6/h8-20,23,32H,1-7H3/q+1/i2D3. The second-order valence-corrected chi connectivity index (χ2v) is 10.9. The number of benzene rings is 3. The van der Waals surface area contributed by atoms with Crippen molar-refractivity contribution in [3.05, 3.63) is 112 Å². The molecule has 4 aromatic rings. The van der Waals surface area contributed by atoms with Crippen molar-refractivity contribution in [2.75, 3.05) is 0 Å². The molecule has 1 heteroatoms. The number of aryl methyl sites for hydroxylation is 3. The highest BCUT2D eigenvalue weighted by Crippen LogP contribution is 2.51. The monoisotopic (exact) mass is 449 g/mol. The normalized spacial score (nSPS) is 18.9. The molecule has 0 aliphatic heterocycles. The maximum atomic E-state index is 8.35. The van der Waals surface area contributed by atoms with Gasteiger partial charge in [0.1, 0.15) is 7.05 Å². The van der Waals surface area contributed by atoms with E-state index in [9.17, 15) is 0 Å². The van der Waals surface area contributed by atoms with Crippen LogP contribution < -0.4 is 4.57 Å². The Morgan fingerprint density at radius 1 is 0.765 bits per heavy atom. The molecule has 1 aromatic heterocycles. The van der Waals surface area contributed by atoms with Gasteiger partial charge in [-0.25, -0.2) is 4.57 Å². The van der Waals surface area contributed by atoms with Crippen LogP contribution in [-0.4, -0.2) is 0 Å². The molecule has 5 rings (SSSR count). The molecule has 2 unspecified atom stereocenters. The number of pyridine rings is 1. The lowest BCUT2D eigenvalue weighted by molar-refractivity contribution is -0.660. The minimum atomic E-state index is -2.23. The van der Waals surface area contributed by atoms with Gasteiger partial charge in [0.15, 0.2) is 6.20 Å². The molecule has 1 aliphatic carbocycles. The zero-order valence-electron chi connectivity index (χ0n) is 24.1. The number of rotatable bonds is 2. The zero-order chi connectivity index (χ0) is 26.7. The van der Waals surface area contributed by atoms with Crippen molar-refractivity contribution in [2.45, 2.75) is 53.3 Å². The maximum Gasteiger partial charge on any atom is 0.213 e. The molecular weight excluding hydrogens is 410 g/mol. The third-order valence-corrected chi connectivity index (χ3v) is 7.51. The summed E-state index contributed by atoms with van der Waals surface area (Å²) >= 11 is 0. The van der Waals surface area contributed by atoms with Gasteiger partial charge in [-0.1, -0.05) is 88.4 Å². The van der Waals surface area contributed by atoms with Crippen molar-refractivity contribution in [1.29, 1.82) is 0 Å². The van der Waals surface area contributed by atoms with E-state index in [2.05, 4.69) is 95.3 Å². The molecule has 0 saturated carbocycles. The first kappa shape index (κ1) is 19.2. The van der Waals surface area contributed by atoms with E-state index >= 15 is 0 Å². The van der Waals surface area contributed by atoms with Gasteiger partial charge in [0.2, 0.25) is 5.69 Å². The molecule has 1 heterocycles. The van der Waals surface area contributed by atoms with Gasteiger partial charge in [-0.05, 0) is 64.2 Å². The van der Waals surface area contributed by atoms with E-state index in [1.54, 1.807) is 6.20 Å². The van der Waals surface area contributed by atoms with Crippen LogP contribution in [0.3, 0.4) is 0 Å². The van der Waals surface area contributed by atoms with Crippen molar-refractivity contribution in [3.8, 4) is 22.4 Å². The average molecular weight is 450 g/mol. The topological polar surface area (TPSA) is 3.88 Å². The largest absolute Gasteiger partial charge is 0.213 e. The Kier molecular flexibility index (Phi) is 4.64. The second-order valence-electron chi connectivity index (χ2n) is 10.9. The summed E-state index contributed by atoms with van der Waals surface area (Å²) in [5.41, 5.74) is 10.8.